The van der Waals surface area contributed by atoms with Gasteiger partial charge in [0.05, 0.1) is 5.69 Å². The highest BCUT2D eigenvalue weighted by Gasteiger charge is 2.28. The third kappa shape index (κ3) is 4.21. The Hall–Kier alpha value is -2.05. The molecule has 1 aromatic rings. The van der Waals surface area contributed by atoms with Gasteiger partial charge in [-0.2, -0.15) is 0 Å². The Bertz CT molecular complexity index is 568. The van der Waals surface area contributed by atoms with E-state index in [9.17, 15) is 9.59 Å². The lowest BCUT2D eigenvalue weighted by atomic mass is 9.93. The number of H-pyrrole nitrogens is 1. The van der Waals surface area contributed by atoms with Crippen LogP contribution < -0.4 is 11.3 Å². The van der Waals surface area contributed by atoms with Gasteiger partial charge in [0.25, 0.3) is 5.56 Å². The van der Waals surface area contributed by atoms with Crippen molar-refractivity contribution in [2.24, 2.45) is 0 Å². The molecule has 7 nitrogen and oxygen atoms in total. The second-order valence-corrected chi connectivity index (χ2v) is 6.30. The number of piperidine rings is 1. The average Bonchev–Trinajstić information content (AvgIpc) is 2.35. The van der Waals surface area contributed by atoms with Gasteiger partial charge in [0.1, 0.15) is 5.60 Å². The zero-order valence-electron chi connectivity index (χ0n) is 12.7. The SMILES string of the molecule is CC(C)(C)OC(=O)N1CCC(c2cc(=O)[nH]c(N)n2)CC1. The van der Waals surface area contributed by atoms with Crippen LogP contribution in [0.5, 0.6) is 0 Å². The summed E-state index contributed by atoms with van der Waals surface area (Å²) in [4.78, 5) is 31.7. The first-order valence-electron chi connectivity index (χ1n) is 7.09. The van der Waals surface area contributed by atoms with Crippen LogP contribution in [0.3, 0.4) is 0 Å². The monoisotopic (exact) mass is 294 g/mol. The highest BCUT2D eigenvalue weighted by atomic mass is 16.6. The van der Waals surface area contributed by atoms with Crippen LogP contribution in [0.1, 0.15) is 45.2 Å². The Kier molecular flexibility index (Phi) is 4.20. The molecular formula is C14H22N4O3. The summed E-state index contributed by atoms with van der Waals surface area (Å²) in [6.07, 6.45) is 1.20. The zero-order chi connectivity index (χ0) is 15.6. The number of hydrogen-bond donors (Lipinski definition) is 2. The molecule has 1 aromatic heterocycles. The van der Waals surface area contributed by atoms with E-state index >= 15 is 0 Å². The van der Waals surface area contributed by atoms with Crippen molar-refractivity contribution in [2.45, 2.75) is 45.1 Å². The van der Waals surface area contributed by atoms with Crippen molar-refractivity contribution >= 4 is 12.0 Å². The number of aromatic amines is 1. The maximum atomic E-state index is 12.0. The van der Waals surface area contributed by atoms with Crippen molar-refractivity contribution < 1.29 is 9.53 Å². The summed E-state index contributed by atoms with van der Waals surface area (Å²) in [5.74, 6) is 0.278. The molecule has 1 aliphatic heterocycles. The van der Waals surface area contributed by atoms with Crippen LogP contribution in [0.25, 0.3) is 0 Å². The van der Waals surface area contributed by atoms with Gasteiger partial charge in [-0.1, -0.05) is 0 Å². The molecule has 0 radical (unpaired) electrons. The molecule has 1 saturated heterocycles. The number of likely N-dealkylation sites (tertiary alicyclic amines) is 1. The molecule has 2 heterocycles. The number of carbonyl (C=O) groups is 1. The number of nitrogen functional groups attached to an aromatic ring is 1. The second-order valence-electron chi connectivity index (χ2n) is 6.30. The summed E-state index contributed by atoms with van der Waals surface area (Å²) in [7, 11) is 0. The van der Waals surface area contributed by atoms with Gasteiger partial charge in [0.2, 0.25) is 5.95 Å². The molecule has 0 aromatic carbocycles. The summed E-state index contributed by atoms with van der Waals surface area (Å²) in [6, 6.07) is 1.48. The quantitative estimate of drug-likeness (QED) is 0.816. The molecule has 0 aliphatic carbocycles. The maximum Gasteiger partial charge on any atom is 0.410 e. The van der Waals surface area contributed by atoms with E-state index in [1.54, 1.807) is 4.90 Å². The number of nitrogens with zero attached hydrogens (tertiary/aromatic N) is 2. The number of carbonyl (C=O) groups excluding carboxylic acids is 1. The van der Waals surface area contributed by atoms with E-state index in [0.717, 1.165) is 12.8 Å². The minimum atomic E-state index is -0.489. The number of hydrogen-bond acceptors (Lipinski definition) is 5. The lowest BCUT2D eigenvalue weighted by Crippen LogP contribution is -2.41. The molecule has 3 N–H and O–H groups in total. The van der Waals surface area contributed by atoms with E-state index in [1.807, 2.05) is 20.8 Å². The summed E-state index contributed by atoms with van der Waals surface area (Å²) in [6.45, 7) is 6.73. The summed E-state index contributed by atoms with van der Waals surface area (Å²) >= 11 is 0. The fraction of sp³-hybridized carbons (Fsp3) is 0.643. The first kappa shape index (κ1) is 15.3. The van der Waals surface area contributed by atoms with E-state index < -0.39 is 5.60 Å². The first-order valence-corrected chi connectivity index (χ1v) is 7.09. The van der Waals surface area contributed by atoms with Crippen molar-refractivity contribution in [3.05, 3.63) is 22.1 Å². The number of nitrogens with one attached hydrogen (secondary N) is 1. The molecule has 0 unspecified atom stereocenters. The van der Waals surface area contributed by atoms with Crippen LogP contribution in [0.15, 0.2) is 10.9 Å². The lowest BCUT2D eigenvalue weighted by molar-refractivity contribution is 0.0204. The Morgan fingerprint density at radius 1 is 1.43 bits per heavy atom. The molecule has 21 heavy (non-hydrogen) atoms. The molecule has 1 fully saturated rings. The molecule has 2 rings (SSSR count). The Labute approximate surface area is 123 Å². The van der Waals surface area contributed by atoms with Gasteiger partial charge in [-0.15, -0.1) is 0 Å². The number of rotatable bonds is 1. The minimum absolute atomic E-state index is 0.132. The predicted molar refractivity (Wildman–Crippen MR) is 79.1 cm³/mol. The van der Waals surface area contributed by atoms with Gasteiger partial charge in [-0.3, -0.25) is 9.78 Å². The normalized spacial score (nSPS) is 16.8. The number of aromatic nitrogens is 2. The van der Waals surface area contributed by atoms with Crippen molar-refractivity contribution in [3.63, 3.8) is 0 Å². The number of nitrogens with two attached hydrogens (primary N) is 1. The van der Waals surface area contributed by atoms with Gasteiger partial charge in [0.15, 0.2) is 0 Å². The Balaban J connectivity index is 1.97. The number of amides is 1. The topological polar surface area (TPSA) is 101 Å². The zero-order valence-corrected chi connectivity index (χ0v) is 12.7. The molecule has 0 atom stereocenters. The van der Waals surface area contributed by atoms with Gasteiger partial charge >= 0.3 is 6.09 Å². The number of anilines is 1. The molecule has 7 heteroatoms. The van der Waals surface area contributed by atoms with Crippen molar-refractivity contribution in [2.75, 3.05) is 18.8 Å². The Morgan fingerprint density at radius 3 is 2.57 bits per heavy atom. The van der Waals surface area contributed by atoms with E-state index in [4.69, 9.17) is 10.5 Å². The molecular weight excluding hydrogens is 272 g/mol. The lowest BCUT2D eigenvalue weighted by Gasteiger charge is -2.33. The average molecular weight is 294 g/mol. The smallest absolute Gasteiger partial charge is 0.410 e. The van der Waals surface area contributed by atoms with Crippen LogP contribution in [0, 0.1) is 0 Å². The van der Waals surface area contributed by atoms with Crippen molar-refractivity contribution in [1.82, 2.24) is 14.9 Å². The largest absolute Gasteiger partial charge is 0.444 e. The third-order valence-corrected chi connectivity index (χ3v) is 3.34. The Morgan fingerprint density at radius 2 is 2.05 bits per heavy atom. The van der Waals surface area contributed by atoms with E-state index in [2.05, 4.69) is 9.97 Å². The first-order chi connectivity index (χ1) is 9.74. The van der Waals surface area contributed by atoms with Gasteiger partial charge in [0, 0.05) is 25.1 Å². The van der Waals surface area contributed by atoms with Crippen LogP contribution in [0.4, 0.5) is 10.7 Å². The van der Waals surface area contributed by atoms with Crippen molar-refractivity contribution in [3.8, 4) is 0 Å². The number of ether oxygens (including phenoxy) is 1. The molecule has 0 saturated carbocycles. The summed E-state index contributed by atoms with van der Waals surface area (Å²) in [5.41, 5.74) is 5.52. The maximum absolute atomic E-state index is 12.0. The van der Waals surface area contributed by atoms with Crippen LogP contribution >= 0.6 is 0 Å². The predicted octanol–water partition coefficient (Wildman–Crippen LogP) is 1.47. The van der Waals surface area contributed by atoms with Crippen LogP contribution in [-0.4, -0.2) is 39.7 Å². The second kappa shape index (κ2) is 5.75. The fourth-order valence-electron chi connectivity index (χ4n) is 2.39. The molecule has 0 spiro atoms. The molecule has 0 bridgehead atoms. The van der Waals surface area contributed by atoms with Crippen molar-refractivity contribution in [1.29, 1.82) is 0 Å². The highest BCUT2D eigenvalue weighted by Crippen LogP contribution is 2.27. The fourth-order valence-corrected chi connectivity index (χ4v) is 2.39. The molecule has 116 valence electrons. The minimum Gasteiger partial charge on any atom is -0.444 e. The third-order valence-electron chi connectivity index (χ3n) is 3.34. The molecule has 1 amide bonds. The van der Waals surface area contributed by atoms with Crippen LogP contribution in [-0.2, 0) is 4.74 Å². The van der Waals surface area contributed by atoms with Crippen LogP contribution in [0.2, 0.25) is 0 Å². The summed E-state index contributed by atoms with van der Waals surface area (Å²) < 4.78 is 5.35. The van der Waals surface area contributed by atoms with E-state index in [1.165, 1.54) is 6.07 Å². The standard InChI is InChI=1S/C14H22N4O3/c1-14(2,3)21-13(20)18-6-4-9(5-7-18)10-8-11(19)17-12(15)16-10/h8-9H,4-7H2,1-3H3,(H3,15,16,17,19). The highest BCUT2D eigenvalue weighted by molar-refractivity contribution is 5.68. The van der Waals surface area contributed by atoms with Gasteiger partial charge in [-0.05, 0) is 33.6 Å². The molecule has 1 aliphatic rings. The summed E-state index contributed by atoms with van der Waals surface area (Å²) in [5, 5.41) is 0. The van der Waals surface area contributed by atoms with Gasteiger partial charge in [-0.25, -0.2) is 9.78 Å². The van der Waals surface area contributed by atoms with E-state index in [0.29, 0.717) is 18.8 Å². The van der Waals surface area contributed by atoms with E-state index in [-0.39, 0.29) is 23.5 Å². The van der Waals surface area contributed by atoms with Gasteiger partial charge < -0.3 is 15.4 Å².